The summed E-state index contributed by atoms with van der Waals surface area (Å²) in [6.45, 7) is 0.497. The van der Waals surface area contributed by atoms with Crippen molar-refractivity contribution in [3.05, 3.63) is 90.3 Å². The van der Waals surface area contributed by atoms with Crippen LogP contribution in [0.1, 0.15) is 11.1 Å². The van der Waals surface area contributed by atoms with Gasteiger partial charge in [0.2, 0.25) is 10.0 Å². The molecule has 1 N–H and O–H groups in total. The van der Waals surface area contributed by atoms with E-state index in [1.54, 1.807) is 36.7 Å². The first-order chi connectivity index (χ1) is 12.1. The van der Waals surface area contributed by atoms with Gasteiger partial charge in [0.25, 0.3) is 0 Å². The quantitative estimate of drug-likeness (QED) is 0.708. The van der Waals surface area contributed by atoms with E-state index in [-0.39, 0.29) is 11.4 Å². The number of rotatable bonds is 7. The molecule has 0 unspecified atom stereocenters. The lowest BCUT2D eigenvalue weighted by Crippen LogP contribution is -2.23. The minimum atomic E-state index is -3.60. The maximum Gasteiger partial charge on any atom is 0.240 e. The van der Waals surface area contributed by atoms with Crippen LogP contribution >= 0.6 is 0 Å². The summed E-state index contributed by atoms with van der Waals surface area (Å²) >= 11 is 0. The van der Waals surface area contributed by atoms with Crippen LogP contribution in [-0.4, -0.2) is 13.4 Å². The molecule has 0 saturated heterocycles. The molecule has 0 fully saturated rings. The third kappa shape index (κ3) is 4.89. The molecule has 128 valence electrons. The summed E-state index contributed by atoms with van der Waals surface area (Å²) in [6.07, 6.45) is 3.28. The lowest BCUT2D eigenvalue weighted by Gasteiger charge is -2.09. The number of nitrogens with zero attached hydrogens (tertiary/aromatic N) is 1. The zero-order valence-electron chi connectivity index (χ0n) is 13.5. The summed E-state index contributed by atoms with van der Waals surface area (Å²) < 4.78 is 33.2. The molecule has 0 saturated carbocycles. The molecular formula is C19H18N2O3S. The largest absolute Gasteiger partial charge is 0.489 e. The second-order valence-electron chi connectivity index (χ2n) is 5.43. The Morgan fingerprint density at radius 2 is 1.72 bits per heavy atom. The number of aromatic nitrogens is 1. The molecule has 0 aliphatic carbocycles. The van der Waals surface area contributed by atoms with Crippen LogP contribution in [0.3, 0.4) is 0 Å². The van der Waals surface area contributed by atoms with E-state index in [9.17, 15) is 8.42 Å². The average Bonchev–Trinajstić information content (AvgIpc) is 2.67. The van der Waals surface area contributed by atoms with Crippen LogP contribution in [0.4, 0.5) is 0 Å². The van der Waals surface area contributed by atoms with Gasteiger partial charge in [0.15, 0.2) is 0 Å². The van der Waals surface area contributed by atoms with Crippen molar-refractivity contribution in [2.45, 2.75) is 18.0 Å². The summed E-state index contributed by atoms with van der Waals surface area (Å²) in [5, 5.41) is 0. The van der Waals surface area contributed by atoms with Crippen LogP contribution in [-0.2, 0) is 23.2 Å². The van der Waals surface area contributed by atoms with E-state index in [1.165, 1.54) is 0 Å². The third-order valence-electron chi connectivity index (χ3n) is 3.55. The highest BCUT2D eigenvalue weighted by Gasteiger charge is 2.14. The van der Waals surface area contributed by atoms with Crippen LogP contribution in [0.5, 0.6) is 5.75 Å². The van der Waals surface area contributed by atoms with Crippen molar-refractivity contribution in [3.63, 3.8) is 0 Å². The molecule has 3 rings (SSSR count). The first kappa shape index (κ1) is 17.1. The van der Waals surface area contributed by atoms with Gasteiger partial charge in [0, 0.05) is 18.9 Å². The van der Waals surface area contributed by atoms with Gasteiger partial charge in [-0.25, -0.2) is 13.1 Å². The lowest BCUT2D eigenvalue weighted by atomic mass is 10.2. The Morgan fingerprint density at radius 1 is 0.920 bits per heavy atom. The number of para-hydroxylation sites is 1. The topological polar surface area (TPSA) is 68.3 Å². The minimum Gasteiger partial charge on any atom is -0.489 e. The number of hydrogen-bond donors (Lipinski definition) is 1. The van der Waals surface area contributed by atoms with Gasteiger partial charge in [-0.15, -0.1) is 0 Å². The van der Waals surface area contributed by atoms with Crippen molar-refractivity contribution in [2.75, 3.05) is 0 Å². The molecule has 0 radical (unpaired) electrons. The first-order valence-electron chi connectivity index (χ1n) is 7.79. The molecule has 0 aliphatic heterocycles. The van der Waals surface area contributed by atoms with Crippen molar-refractivity contribution in [2.24, 2.45) is 0 Å². The monoisotopic (exact) mass is 354 g/mol. The van der Waals surface area contributed by atoms with Crippen molar-refractivity contribution in [3.8, 4) is 5.75 Å². The number of pyridine rings is 1. The predicted octanol–water partition coefficient (Wildman–Crippen LogP) is 3.14. The van der Waals surface area contributed by atoms with E-state index in [0.717, 1.165) is 16.9 Å². The highest BCUT2D eigenvalue weighted by molar-refractivity contribution is 7.89. The fraction of sp³-hybridized carbons (Fsp3) is 0.105. The van der Waals surface area contributed by atoms with Crippen molar-refractivity contribution in [1.82, 2.24) is 9.71 Å². The molecular weight excluding hydrogens is 336 g/mol. The van der Waals surface area contributed by atoms with Gasteiger partial charge in [-0.1, -0.05) is 36.4 Å². The van der Waals surface area contributed by atoms with Crippen molar-refractivity contribution in [1.29, 1.82) is 0 Å². The van der Waals surface area contributed by atoms with Crippen LogP contribution in [0.25, 0.3) is 0 Å². The van der Waals surface area contributed by atoms with E-state index in [4.69, 9.17) is 4.74 Å². The Morgan fingerprint density at radius 3 is 2.48 bits per heavy atom. The van der Waals surface area contributed by atoms with E-state index < -0.39 is 10.0 Å². The Kier molecular flexibility index (Phi) is 5.42. The number of benzene rings is 2. The van der Waals surface area contributed by atoms with Gasteiger partial charge in [-0.3, -0.25) is 4.98 Å². The molecule has 0 aliphatic rings. The van der Waals surface area contributed by atoms with Gasteiger partial charge in [-0.05, 0) is 41.5 Å². The Bertz CT molecular complexity index is 914. The number of nitrogens with one attached hydrogen (secondary N) is 1. The first-order valence-corrected chi connectivity index (χ1v) is 9.27. The Labute approximate surface area is 147 Å². The summed E-state index contributed by atoms with van der Waals surface area (Å²) in [6, 6.07) is 19.7. The summed E-state index contributed by atoms with van der Waals surface area (Å²) in [5.41, 5.74) is 1.59. The Balaban J connectivity index is 1.67. The molecule has 3 aromatic rings. The number of hydrogen-bond acceptors (Lipinski definition) is 4. The van der Waals surface area contributed by atoms with Crippen molar-refractivity contribution >= 4 is 10.0 Å². The van der Waals surface area contributed by atoms with E-state index >= 15 is 0 Å². The Hall–Kier alpha value is -2.70. The molecule has 2 aromatic carbocycles. The fourth-order valence-corrected chi connectivity index (χ4v) is 3.34. The second kappa shape index (κ2) is 7.92. The maximum atomic E-state index is 12.5. The summed E-state index contributed by atoms with van der Waals surface area (Å²) in [5.74, 6) is 0.741. The molecule has 0 atom stereocenters. The van der Waals surface area contributed by atoms with E-state index in [0.29, 0.717) is 6.61 Å². The smallest absolute Gasteiger partial charge is 0.240 e. The highest BCUT2D eigenvalue weighted by atomic mass is 32.2. The zero-order valence-corrected chi connectivity index (χ0v) is 14.3. The molecule has 6 heteroatoms. The average molecular weight is 354 g/mol. The zero-order chi connectivity index (χ0) is 17.5. The van der Waals surface area contributed by atoms with Gasteiger partial charge in [0.05, 0.1) is 4.90 Å². The van der Waals surface area contributed by atoms with Crippen LogP contribution < -0.4 is 9.46 Å². The van der Waals surface area contributed by atoms with E-state index in [1.807, 2.05) is 42.5 Å². The van der Waals surface area contributed by atoms with Gasteiger partial charge < -0.3 is 4.74 Å². The molecule has 0 bridgehead atoms. The third-order valence-corrected chi connectivity index (χ3v) is 4.95. The van der Waals surface area contributed by atoms with Crippen LogP contribution in [0.15, 0.2) is 84.0 Å². The second-order valence-corrected chi connectivity index (χ2v) is 7.20. The fourth-order valence-electron chi connectivity index (χ4n) is 2.25. The molecule has 25 heavy (non-hydrogen) atoms. The number of sulfonamides is 1. The van der Waals surface area contributed by atoms with Crippen molar-refractivity contribution < 1.29 is 13.2 Å². The highest BCUT2D eigenvalue weighted by Crippen LogP contribution is 2.15. The molecule has 0 amide bonds. The predicted molar refractivity (Wildman–Crippen MR) is 95.5 cm³/mol. The van der Waals surface area contributed by atoms with Crippen LogP contribution in [0, 0.1) is 0 Å². The lowest BCUT2D eigenvalue weighted by molar-refractivity contribution is 0.306. The number of ether oxygens (including phenoxy) is 1. The van der Waals surface area contributed by atoms with Crippen LogP contribution in [0.2, 0.25) is 0 Å². The molecule has 0 spiro atoms. The normalized spacial score (nSPS) is 11.2. The molecule has 1 heterocycles. The molecule has 5 nitrogen and oxygen atoms in total. The minimum absolute atomic E-state index is 0.195. The molecule has 1 aromatic heterocycles. The van der Waals surface area contributed by atoms with Gasteiger partial charge in [-0.2, -0.15) is 0 Å². The maximum absolute atomic E-state index is 12.5. The standard InChI is InChI=1S/C19H18N2O3S/c22-25(23,21-14-17-7-5-11-20-13-17)19-10-4-6-16(12-19)15-24-18-8-2-1-3-9-18/h1-13,21H,14-15H2. The van der Waals surface area contributed by atoms with Gasteiger partial charge in [0.1, 0.15) is 12.4 Å². The van der Waals surface area contributed by atoms with E-state index in [2.05, 4.69) is 9.71 Å². The summed E-state index contributed by atoms with van der Waals surface area (Å²) in [4.78, 5) is 4.19. The SMILES string of the molecule is O=S(=O)(NCc1cccnc1)c1cccc(COc2ccccc2)c1. The summed E-state index contributed by atoms with van der Waals surface area (Å²) in [7, 11) is -3.60. The van der Waals surface area contributed by atoms with Gasteiger partial charge >= 0.3 is 0 Å².